The lowest BCUT2D eigenvalue weighted by molar-refractivity contribution is -0.126. The summed E-state index contributed by atoms with van der Waals surface area (Å²) in [6, 6.07) is 8.37. The van der Waals surface area contributed by atoms with Gasteiger partial charge in [-0.25, -0.2) is 0 Å². The molecule has 2 heterocycles. The van der Waals surface area contributed by atoms with Crippen molar-refractivity contribution in [2.45, 2.75) is 63.1 Å². The number of nitrogens with one attached hydrogen (secondary N) is 1. The Labute approximate surface area is 188 Å². The second kappa shape index (κ2) is 9.85. The summed E-state index contributed by atoms with van der Waals surface area (Å²) in [5.41, 5.74) is 2.01. The van der Waals surface area contributed by atoms with Crippen LogP contribution in [-0.4, -0.2) is 45.9 Å². The topological polar surface area (TPSA) is 80.1 Å². The molecule has 8 heteroatoms. The van der Waals surface area contributed by atoms with Crippen LogP contribution in [0.15, 0.2) is 29.4 Å². The number of rotatable bonds is 8. The van der Waals surface area contributed by atoms with Crippen molar-refractivity contribution >= 4 is 29.3 Å². The van der Waals surface area contributed by atoms with E-state index < -0.39 is 0 Å². The molecule has 0 bridgehead atoms. The van der Waals surface area contributed by atoms with Crippen molar-refractivity contribution in [2.75, 3.05) is 24.2 Å². The van der Waals surface area contributed by atoms with E-state index in [1.54, 1.807) is 16.7 Å². The van der Waals surface area contributed by atoms with Gasteiger partial charge in [-0.3, -0.25) is 9.59 Å². The first-order chi connectivity index (χ1) is 15.1. The predicted molar refractivity (Wildman–Crippen MR) is 122 cm³/mol. The van der Waals surface area contributed by atoms with Gasteiger partial charge in [0.2, 0.25) is 11.8 Å². The zero-order valence-electron chi connectivity index (χ0n) is 18.3. The van der Waals surface area contributed by atoms with Gasteiger partial charge >= 0.3 is 0 Å². The highest BCUT2D eigenvalue weighted by Gasteiger charge is 2.35. The second-order valence-corrected chi connectivity index (χ2v) is 9.32. The first-order valence-electron chi connectivity index (χ1n) is 11.2. The first-order valence-corrected chi connectivity index (χ1v) is 12.4. The van der Waals surface area contributed by atoms with Gasteiger partial charge in [-0.1, -0.05) is 42.3 Å². The Kier molecular flexibility index (Phi) is 6.95. The molecule has 2 aromatic rings. The van der Waals surface area contributed by atoms with E-state index in [9.17, 15) is 9.59 Å². The average Bonchev–Trinajstić information content (AvgIpc) is 3.51. The Morgan fingerprint density at radius 3 is 2.65 bits per heavy atom. The highest BCUT2D eigenvalue weighted by Crippen LogP contribution is 2.33. The molecule has 7 nitrogen and oxygen atoms in total. The molecule has 1 aliphatic carbocycles. The van der Waals surface area contributed by atoms with Crippen molar-refractivity contribution in [3.63, 3.8) is 0 Å². The van der Waals surface area contributed by atoms with Crippen LogP contribution in [0.25, 0.3) is 0 Å². The number of benzene rings is 1. The van der Waals surface area contributed by atoms with Crippen molar-refractivity contribution < 1.29 is 9.59 Å². The summed E-state index contributed by atoms with van der Waals surface area (Å²) in [6.45, 7) is 3.05. The standard InChI is InChI=1S/C23H31N5O2S/c1-16-9-11-18(12-10-16)27-15-17(14-21(27)29)22(30)24-13-5-8-20-25-26-23(31-2)28(20)19-6-3-4-7-19/h9-12,17,19H,3-8,13-15H2,1-2H3,(H,24,30). The molecule has 1 saturated carbocycles. The molecule has 1 saturated heterocycles. The summed E-state index contributed by atoms with van der Waals surface area (Å²) in [5.74, 6) is 0.703. The van der Waals surface area contributed by atoms with Crippen molar-refractivity contribution in [2.24, 2.45) is 5.92 Å². The molecule has 2 fully saturated rings. The monoisotopic (exact) mass is 441 g/mol. The van der Waals surface area contributed by atoms with Crippen molar-refractivity contribution in [1.82, 2.24) is 20.1 Å². The van der Waals surface area contributed by atoms with Gasteiger partial charge in [-0.15, -0.1) is 10.2 Å². The lowest BCUT2D eigenvalue weighted by Gasteiger charge is -2.17. The Morgan fingerprint density at radius 1 is 1.19 bits per heavy atom. The van der Waals surface area contributed by atoms with Crippen LogP contribution in [0, 0.1) is 12.8 Å². The Balaban J connectivity index is 1.27. The maximum absolute atomic E-state index is 12.6. The lowest BCUT2D eigenvalue weighted by atomic mass is 10.1. The van der Waals surface area contributed by atoms with Crippen LogP contribution in [0.5, 0.6) is 0 Å². The van der Waals surface area contributed by atoms with E-state index in [1.165, 1.54) is 25.7 Å². The fourth-order valence-corrected chi connectivity index (χ4v) is 5.18. The lowest BCUT2D eigenvalue weighted by Crippen LogP contribution is -2.33. The molecule has 0 spiro atoms. The fraction of sp³-hybridized carbons (Fsp3) is 0.565. The number of hydrogen-bond acceptors (Lipinski definition) is 5. The number of thioether (sulfide) groups is 1. The second-order valence-electron chi connectivity index (χ2n) is 8.55. The van der Waals surface area contributed by atoms with Crippen molar-refractivity contribution in [3.8, 4) is 0 Å². The van der Waals surface area contributed by atoms with Crippen LogP contribution in [0.4, 0.5) is 5.69 Å². The minimum absolute atomic E-state index is 0.0123. The van der Waals surface area contributed by atoms with E-state index in [0.29, 0.717) is 19.1 Å². The third-order valence-electron chi connectivity index (χ3n) is 6.33. The minimum atomic E-state index is -0.293. The number of aryl methyl sites for hydroxylation is 2. The van der Waals surface area contributed by atoms with Gasteiger partial charge in [-0.2, -0.15) is 0 Å². The SMILES string of the molecule is CSc1nnc(CCCNC(=O)C2CC(=O)N(c3ccc(C)cc3)C2)n1C1CCCC1. The van der Waals surface area contributed by atoms with Crippen LogP contribution >= 0.6 is 11.8 Å². The summed E-state index contributed by atoms with van der Waals surface area (Å²) in [4.78, 5) is 26.8. The van der Waals surface area contributed by atoms with E-state index >= 15 is 0 Å². The molecule has 31 heavy (non-hydrogen) atoms. The Morgan fingerprint density at radius 2 is 1.94 bits per heavy atom. The molecule has 1 N–H and O–H groups in total. The zero-order chi connectivity index (χ0) is 21.8. The zero-order valence-corrected chi connectivity index (χ0v) is 19.2. The fourth-order valence-electron chi connectivity index (χ4n) is 4.61. The molecule has 0 radical (unpaired) electrons. The third-order valence-corrected chi connectivity index (χ3v) is 6.97. The number of carbonyl (C=O) groups is 2. The van der Waals surface area contributed by atoms with Gasteiger partial charge in [0.25, 0.3) is 0 Å². The molecule has 2 amide bonds. The van der Waals surface area contributed by atoms with Crippen LogP contribution in [0.2, 0.25) is 0 Å². The predicted octanol–water partition coefficient (Wildman–Crippen LogP) is 3.53. The molecule has 2 aliphatic rings. The summed E-state index contributed by atoms with van der Waals surface area (Å²) < 4.78 is 2.31. The van der Waals surface area contributed by atoms with Gasteiger partial charge in [0.1, 0.15) is 5.82 Å². The Bertz CT molecular complexity index is 921. The summed E-state index contributed by atoms with van der Waals surface area (Å²) in [5, 5.41) is 12.8. The Hall–Kier alpha value is -2.35. The first kappa shape index (κ1) is 21.9. The summed E-state index contributed by atoms with van der Waals surface area (Å²) >= 11 is 1.65. The van der Waals surface area contributed by atoms with Crippen molar-refractivity contribution in [3.05, 3.63) is 35.7 Å². The van der Waals surface area contributed by atoms with Gasteiger partial charge in [0.15, 0.2) is 5.16 Å². The smallest absolute Gasteiger partial charge is 0.227 e. The van der Waals surface area contributed by atoms with Crippen LogP contribution in [0.3, 0.4) is 0 Å². The number of aromatic nitrogens is 3. The van der Waals surface area contributed by atoms with Crippen LogP contribution in [-0.2, 0) is 16.0 Å². The molecule has 1 aromatic carbocycles. The van der Waals surface area contributed by atoms with Crippen LogP contribution < -0.4 is 10.2 Å². The quantitative estimate of drug-likeness (QED) is 0.501. The third kappa shape index (κ3) is 4.95. The molecule has 1 unspecified atom stereocenters. The molecule has 4 rings (SSSR count). The maximum atomic E-state index is 12.6. The minimum Gasteiger partial charge on any atom is -0.356 e. The average molecular weight is 442 g/mol. The number of amides is 2. The van der Waals surface area contributed by atoms with E-state index in [1.807, 2.05) is 37.4 Å². The van der Waals surface area contributed by atoms with Gasteiger partial charge in [-0.05, 0) is 44.6 Å². The van der Waals surface area contributed by atoms with Crippen LogP contribution in [0.1, 0.15) is 56.0 Å². The normalized spacial score (nSPS) is 19.4. The molecule has 166 valence electrons. The van der Waals surface area contributed by atoms with Gasteiger partial charge in [0.05, 0.1) is 5.92 Å². The largest absolute Gasteiger partial charge is 0.356 e. The van der Waals surface area contributed by atoms with Gasteiger partial charge in [0, 0.05) is 37.7 Å². The molecule has 1 aromatic heterocycles. The van der Waals surface area contributed by atoms with E-state index in [2.05, 4.69) is 20.1 Å². The molecule has 1 atom stereocenters. The molecular weight excluding hydrogens is 410 g/mol. The molecular formula is C23H31N5O2S. The number of anilines is 1. The van der Waals surface area contributed by atoms with Gasteiger partial charge < -0.3 is 14.8 Å². The number of nitrogens with zero attached hydrogens (tertiary/aromatic N) is 4. The van der Waals surface area contributed by atoms with E-state index in [4.69, 9.17) is 0 Å². The molecule has 1 aliphatic heterocycles. The maximum Gasteiger partial charge on any atom is 0.227 e. The summed E-state index contributed by atoms with van der Waals surface area (Å²) in [7, 11) is 0. The summed E-state index contributed by atoms with van der Waals surface area (Å²) in [6.07, 6.45) is 8.86. The van der Waals surface area contributed by atoms with Crippen molar-refractivity contribution in [1.29, 1.82) is 0 Å². The highest BCUT2D eigenvalue weighted by atomic mass is 32.2. The highest BCUT2D eigenvalue weighted by molar-refractivity contribution is 7.98. The number of carbonyl (C=O) groups excluding carboxylic acids is 2. The van der Waals surface area contributed by atoms with E-state index in [-0.39, 0.29) is 24.2 Å². The number of hydrogen-bond donors (Lipinski definition) is 1. The van der Waals surface area contributed by atoms with E-state index in [0.717, 1.165) is 35.1 Å².